The van der Waals surface area contributed by atoms with Crippen LogP contribution in [0.25, 0.3) is 11.1 Å². The molecule has 0 aliphatic rings. The van der Waals surface area contributed by atoms with Crippen LogP contribution in [0, 0.1) is 5.82 Å². The molecule has 20 heavy (non-hydrogen) atoms. The zero-order valence-electron chi connectivity index (χ0n) is 11.3. The molecule has 0 atom stereocenters. The van der Waals surface area contributed by atoms with Crippen molar-refractivity contribution < 1.29 is 19.0 Å². The number of methoxy groups -OCH3 is 1. The number of aryl methyl sites for hydroxylation is 1. The normalized spacial score (nSPS) is 10.3. The Hall–Kier alpha value is -2.36. The Morgan fingerprint density at radius 2 is 1.95 bits per heavy atom. The molecule has 0 aliphatic heterocycles. The summed E-state index contributed by atoms with van der Waals surface area (Å²) >= 11 is 0. The van der Waals surface area contributed by atoms with E-state index in [0.717, 1.165) is 5.56 Å². The molecule has 0 aromatic heterocycles. The maximum Gasteiger partial charge on any atom is 0.337 e. The van der Waals surface area contributed by atoms with Gasteiger partial charge in [-0.15, -0.1) is 0 Å². The number of benzene rings is 2. The second kappa shape index (κ2) is 5.74. The second-order valence-electron chi connectivity index (χ2n) is 4.38. The fourth-order valence-electron chi connectivity index (χ4n) is 2.11. The van der Waals surface area contributed by atoms with Crippen LogP contribution >= 0.6 is 0 Å². The summed E-state index contributed by atoms with van der Waals surface area (Å²) in [7, 11) is 1.32. The minimum Gasteiger partial charge on any atom is -0.508 e. The van der Waals surface area contributed by atoms with E-state index in [2.05, 4.69) is 4.74 Å². The van der Waals surface area contributed by atoms with E-state index in [1.54, 1.807) is 18.2 Å². The first kappa shape index (κ1) is 14.1. The molecule has 104 valence electrons. The molecule has 2 aromatic rings. The summed E-state index contributed by atoms with van der Waals surface area (Å²) in [5.74, 6) is -0.841. The molecule has 0 unspecified atom stereocenters. The lowest BCUT2D eigenvalue weighted by Crippen LogP contribution is -2.02. The summed E-state index contributed by atoms with van der Waals surface area (Å²) in [5.41, 5.74) is 2.22. The van der Waals surface area contributed by atoms with Gasteiger partial charge in [0.05, 0.1) is 12.7 Å². The standard InChI is InChI=1S/C16H15FO3/c1-3-10-8-11(16(19)20-2)4-6-13(10)14-9-12(18)5-7-15(14)17/h4-9,18H,3H2,1-2H3. The lowest BCUT2D eigenvalue weighted by molar-refractivity contribution is 0.0600. The van der Waals surface area contributed by atoms with Crippen LogP contribution < -0.4 is 0 Å². The lowest BCUT2D eigenvalue weighted by Gasteiger charge is -2.11. The zero-order chi connectivity index (χ0) is 14.7. The predicted molar refractivity (Wildman–Crippen MR) is 74.2 cm³/mol. The molecule has 2 rings (SSSR count). The maximum atomic E-state index is 13.9. The van der Waals surface area contributed by atoms with Crippen molar-refractivity contribution in [3.05, 3.63) is 53.3 Å². The van der Waals surface area contributed by atoms with Gasteiger partial charge in [0.15, 0.2) is 0 Å². The van der Waals surface area contributed by atoms with E-state index in [4.69, 9.17) is 0 Å². The summed E-state index contributed by atoms with van der Waals surface area (Å²) in [6.07, 6.45) is 0.634. The highest BCUT2D eigenvalue weighted by molar-refractivity contribution is 5.90. The maximum absolute atomic E-state index is 13.9. The summed E-state index contributed by atoms with van der Waals surface area (Å²) in [6.45, 7) is 1.92. The Morgan fingerprint density at radius 3 is 2.60 bits per heavy atom. The summed E-state index contributed by atoms with van der Waals surface area (Å²) in [4.78, 5) is 11.5. The molecule has 0 spiro atoms. The number of rotatable bonds is 3. The SMILES string of the molecule is CCc1cc(C(=O)OC)ccc1-c1cc(O)ccc1F. The van der Waals surface area contributed by atoms with Crippen molar-refractivity contribution in [1.29, 1.82) is 0 Å². The van der Waals surface area contributed by atoms with E-state index in [9.17, 15) is 14.3 Å². The molecule has 0 aliphatic carbocycles. The van der Waals surface area contributed by atoms with E-state index in [1.807, 2.05) is 6.92 Å². The van der Waals surface area contributed by atoms with Crippen LogP contribution in [-0.4, -0.2) is 18.2 Å². The monoisotopic (exact) mass is 274 g/mol. The number of carbonyl (C=O) groups is 1. The Bertz CT molecular complexity index is 650. The molecular formula is C16H15FO3. The number of phenols is 1. The van der Waals surface area contributed by atoms with Crippen molar-refractivity contribution >= 4 is 5.97 Å². The van der Waals surface area contributed by atoms with Crippen molar-refractivity contribution in [2.45, 2.75) is 13.3 Å². The highest BCUT2D eigenvalue weighted by Gasteiger charge is 2.13. The Kier molecular flexibility index (Phi) is 4.03. The number of carbonyl (C=O) groups excluding carboxylic acids is 1. The zero-order valence-corrected chi connectivity index (χ0v) is 11.3. The number of hydrogen-bond donors (Lipinski definition) is 1. The van der Waals surface area contributed by atoms with Crippen molar-refractivity contribution in [3.63, 3.8) is 0 Å². The van der Waals surface area contributed by atoms with Crippen LogP contribution in [0.1, 0.15) is 22.8 Å². The molecular weight excluding hydrogens is 259 g/mol. The molecule has 0 saturated carbocycles. The van der Waals surface area contributed by atoms with Gasteiger partial charge in [-0.05, 0) is 47.9 Å². The van der Waals surface area contributed by atoms with Crippen LogP contribution in [0.4, 0.5) is 4.39 Å². The largest absolute Gasteiger partial charge is 0.508 e. The van der Waals surface area contributed by atoms with Gasteiger partial charge in [0.25, 0.3) is 0 Å². The highest BCUT2D eigenvalue weighted by Crippen LogP contribution is 2.30. The number of esters is 1. The molecule has 0 heterocycles. The van der Waals surface area contributed by atoms with Crippen molar-refractivity contribution in [2.75, 3.05) is 7.11 Å². The predicted octanol–water partition coefficient (Wildman–Crippen LogP) is 3.55. The second-order valence-corrected chi connectivity index (χ2v) is 4.38. The average Bonchev–Trinajstić information content (AvgIpc) is 2.48. The first-order valence-corrected chi connectivity index (χ1v) is 6.27. The Labute approximate surface area is 116 Å². The minimum absolute atomic E-state index is 0.000461. The average molecular weight is 274 g/mol. The van der Waals surface area contributed by atoms with Gasteiger partial charge in [-0.1, -0.05) is 13.0 Å². The van der Waals surface area contributed by atoms with Gasteiger partial charge in [-0.2, -0.15) is 0 Å². The van der Waals surface area contributed by atoms with Crippen LogP contribution in [0.15, 0.2) is 36.4 Å². The van der Waals surface area contributed by atoms with Crippen LogP contribution in [0.3, 0.4) is 0 Å². The van der Waals surface area contributed by atoms with E-state index in [-0.39, 0.29) is 5.75 Å². The third-order valence-electron chi connectivity index (χ3n) is 3.15. The van der Waals surface area contributed by atoms with Gasteiger partial charge in [-0.25, -0.2) is 9.18 Å². The van der Waals surface area contributed by atoms with Gasteiger partial charge in [0.2, 0.25) is 0 Å². The first-order valence-electron chi connectivity index (χ1n) is 6.27. The van der Waals surface area contributed by atoms with E-state index < -0.39 is 11.8 Å². The van der Waals surface area contributed by atoms with Gasteiger partial charge in [0.1, 0.15) is 11.6 Å². The molecule has 0 radical (unpaired) electrons. The number of phenolic OH excluding ortho intramolecular Hbond substituents is 1. The van der Waals surface area contributed by atoms with Gasteiger partial charge in [0, 0.05) is 5.56 Å². The van der Waals surface area contributed by atoms with E-state index in [0.29, 0.717) is 23.1 Å². The van der Waals surface area contributed by atoms with Crippen LogP contribution in [0.2, 0.25) is 0 Å². The fraction of sp³-hybridized carbons (Fsp3) is 0.188. The lowest BCUT2D eigenvalue weighted by atomic mass is 9.95. The topological polar surface area (TPSA) is 46.5 Å². The van der Waals surface area contributed by atoms with Crippen molar-refractivity contribution in [2.24, 2.45) is 0 Å². The molecule has 2 aromatic carbocycles. The number of halogens is 1. The molecule has 0 amide bonds. The number of aromatic hydroxyl groups is 1. The minimum atomic E-state index is -0.428. The molecule has 0 saturated heterocycles. The van der Waals surface area contributed by atoms with Gasteiger partial charge >= 0.3 is 5.97 Å². The number of ether oxygens (including phenoxy) is 1. The van der Waals surface area contributed by atoms with Crippen LogP contribution in [0.5, 0.6) is 5.75 Å². The molecule has 0 fully saturated rings. The summed E-state index contributed by atoms with van der Waals surface area (Å²) < 4.78 is 18.6. The van der Waals surface area contributed by atoms with E-state index >= 15 is 0 Å². The number of hydrogen-bond acceptors (Lipinski definition) is 3. The fourth-order valence-corrected chi connectivity index (χ4v) is 2.11. The Balaban J connectivity index is 2.57. The molecule has 0 bridgehead atoms. The quantitative estimate of drug-likeness (QED) is 0.871. The molecule has 3 nitrogen and oxygen atoms in total. The van der Waals surface area contributed by atoms with Crippen molar-refractivity contribution in [1.82, 2.24) is 0 Å². The highest BCUT2D eigenvalue weighted by atomic mass is 19.1. The first-order chi connectivity index (χ1) is 9.56. The molecule has 4 heteroatoms. The smallest absolute Gasteiger partial charge is 0.337 e. The summed E-state index contributed by atoms with van der Waals surface area (Å²) in [5, 5.41) is 9.50. The third kappa shape index (κ3) is 2.64. The van der Waals surface area contributed by atoms with Gasteiger partial charge < -0.3 is 9.84 Å². The van der Waals surface area contributed by atoms with Crippen molar-refractivity contribution in [3.8, 4) is 16.9 Å². The Morgan fingerprint density at radius 1 is 1.20 bits per heavy atom. The van der Waals surface area contributed by atoms with Crippen LogP contribution in [-0.2, 0) is 11.2 Å². The summed E-state index contributed by atoms with van der Waals surface area (Å²) in [6, 6.07) is 8.84. The molecule has 1 N–H and O–H groups in total. The third-order valence-corrected chi connectivity index (χ3v) is 3.15. The van der Waals surface area contributed by atoms with E-state index in [1.165, 1.54) is 25.3 Å². The van der Waals surface area contributed by atoms with Gasteiger partial charge in [-0.3, -0.25) is 0 Å².